The van der Waals surface area contributed by atoms with Crippen LogP contribution in [0.5, 0.6) is 0 Å². The summed E-state index contributed by atoms with van der Waals surface area (Å²) < 4.78 is 16.7. The second-order valence-corrected chi connectivity index (χ2v) is 17.6. The Labute approximate surface area is 455 Å². The van der Waals surface area contributed by atoms with E-state index in [1.165, 1.54) is 44.4 Å². The third-order valence-corrected chi connectivity index (χ3v) is 11.4. The average molecular weight is 1120 g/mol. The molecule has 29 nitrogen and oxygen atoms in total. The zero-order valence-corrected chi connectivity index (χ0v) is 43.7. The van der Waals surface area contributed by atoms with Crippen molar-refractivity contribution < 1.29 is 69.1 Å². The number of aryl methyl sites for hydroxylation is 1. The van der Waals surface area contributed by atoms with E-state index in [1.807, 2.05) is 0 Å². The van der Waals surface area contributed by atoms with Gasteiger partial charge in [0.25, 0.3) is 5.91 Å². The molecule has 1 aliphatic rings. The molecular formula is C50H49N15O14S. The summed E-state index contributed by atoms with van der Waals surface area (Å²) >= 11 is 0.933. The van der Waals surface area contributed by atoms with E-state index < -0.39 is 106 Å². The van der Waals surface area contributed by atoms with Gasteiger partial charge in [0.05, 0.1) is 11.8 Å². The van der Waals surface area contributed by atoms with Crippen molar-refractivity contribution in [3.63, 3.8) is 0 Å². The van der Waals surface area contributed by atoms with Crippen molar-refractivity contribution in [1.82, 2.24) is 30.2 Å². The zero-order chi connectivity index (χ0) is 59.0. The number of aromatic nitrogens is 5. The molecule has 0 saturated heterocycles. The summed E-state index contributed by atoms with van der Waals surface area (Å²) in [6.07, 6.45) is 1.89. The summed E-state index contributed by atoms with van der Waals surface area (Å²) in [4.78, 5) is 66.6. The number of carbonyl (C=O) groups is 1. The van der Waals surface area contributed by atoms with Crippen LogP contribution in [-0.2, 0) is 0 Å². The summed E-state index contributed by atoms with van der Waals surface area (Å²) in [7, 11) is 0. The normalized spacial score (nSPS) is 17.6. The molecule has 0 aromatic carbocycles. The number of pyridine rings is 1. The minimum Gasteiger partial charge on any atom is -0.495 e. The highest BCUT2D eigenvalue weighted by molar-refractivity contribution is 7.13. The van der Waals surface area contributed by atoms with Crippen LogP contribution in [0.15, 0.2) is 152 Å². The molecule has 5 aromatic rings. The number of nitrogens with zero attached hydrogens (tertiary/aromatic N) is 13. The standard InChI is InChI=1S/C50H49N15O14S/c1-12-28-49-61-31(16-78-49)42(72)54-22(7)40(70)63-33(18(2)3)44(74)57-24(9)48-65-35(26(11)79-48)46(76)55-21(6)39(69)56-23(8)47-60-30(15-77-47)36-27(50-62-32(17-80-50)43(73)64-34(25(10)66)45(75)59-28)13-14-29(58-36)41(71)53-20(5)38(68)52-19(4)37(51)67/h12-18,25,33-34,66H,4-9H2,1-3,10-11H3,(H2,51,67)(H,52,68)(H,53,71)(H,54,72)(H,55,76)(H,56,69)(H,57,74)(H,59,75)(H,63,70)(H,64,73)/b28-12+. The fourth-order valence-electron chi connectivity index (χ4n) is 6.37. The lowest BCUT2D eigenvalue weighted by molar-refractivity contribution is 0.0962. The molecule has 30 heteroatoms. The third kappa shape index (κ3) is 13.6. The van der Waals surface area contributed by atoms with E-state index in [0.717, 1.165) is 23.9 Å². The van der Waals surface area contributed by atoms with Crippen LogP contribution in [0.1, 0.15) is 78.7 Å². The first kappa shape index (κ1) is 58.5. The van der Waals surface area contributed by atoms with E-state index in [4.69, 9.17) is 18.7 Å². The van der Waals surface area contributed by atoms with Gasteiger partial charge in [0.15, 0.2) is 17.4 Å². The Bertz CT molecular complexity index is 3690. The maximum atomic E-state index is 13.5. The summed E-state index contributed by atoms with van der Waals surface area (Å²) in [5, 5.41) is 119. The van der Waals surface area contributed by atoms with Crippen LogP contribution < -0.4 is 5.32 Å². The van der Waals surface area contributed by atoms with Gasteiger partial charge in [-0.3, -0.25) is 10.2 Å². The van der Waals surface area contributed by atoms with Crippen LogP contribution in [0.2, 0.25) is 0 Å². The second-order valence-electron chi connectivity index (χ2n) is 16.8. The predicted octanol–water partition coefficient (Wildman–Crippen LogP) is 7.65. The van der Waals surface area contributed by atoms with Gasteiger partial charge in [-0.1, -0.05) is 59.4 Å². The van der Waals surface area contributed by atoms with Gasteiger partial charge >= 0.3 is 0 Å². The van der Waals surface area contributed by atoms with Gasteiger partial charge in [0.1, 0.15) is 86.3 Å². The Morgan fingerprint density at radius 3 is 1.98 bits per heavy atom. The molecule has 3 atom stereocenters. The van der Waals surface area contributed by atoms with Gasteiger partial charge in [-0.2, -0.15) is 0 Å². The topological polar surface area (TPSA) is 458 Å². The number of fused-ring (bicyclic) bond motifs is 11. The number of rotatable bonds is 7. The number of hydrogen-bond donors (Lipinski definition) is 12. The first-order valence-electron chi connectivity index (χ1n) is 22.8. The van der Waals surface area contributed by atoms with Crippen molar-refractivity contribution in [1.29, 1.82) is 5.41 Å². The van der Waals surface area contributed by atoms with Gasteiger partial charge in [0, 0.05) is 10.9 Å². The molecule has 1 amide bonds. The Morgan fingerprint density at radius 2 is 1.31 bits per heavy atom. The molecule has 0 fully saturated rings. The average Bonchev–Trinajstić information content (AvgIpc) is 4.26. The molecular weight excluding hydrogens is 1070 g/mol. The van der Waals surface area contributed by atoms with Crippen molar-refractivity contribution in [3.05, 3.63) is 145 Å². The van der Waals surface area contributed by atoms with Gasteiger partial charge in [-0.25, -0.2) is 64.9 Å². The van der Waals surface area contributed by atoms with E-state index in [0.29, 0.717) is 0 Å². The van der Waals surface area contributed by atoms with Crippen LogP contribution in [-0.4, -0.2) is 153 Å². The number of aliphatic imine (C=N–C) groups is 8. The summed E-state index contributed by atoms with van der Waals surface area (Å²) in [6.45, 7) is 29.0. The lowest BCUT2D eigenvalue weighted by Crippen LogP contribution is -2.31. The molecule has 6 heterocycles. The lowest BCUT2D eigenvalue weighted by Gasteiger charge is -2.15. The van der Waals surface area contributed by atoms with Crippen LogP contribution in [0.25, 0.3) is 39.1 Å². The van der Waals surface area contributed by atoms with E-state index in [9.17, 15) is 55.9 Å². The Hall–Kier alpha value is -10.8. The van der Waals surface area contributed by atoms with Gasteiger partial charge in [-0.15, -0.1) is 11.3 Å². The molecule has 414 valence electrons. The van der Waals surface area contributed by atoms with E-state index >= 15 is 0 Å². The van der Waals surface area contributed by atoms with Crippen molar-refractivity contribution in [2.45, 2.75) is 52.8 Å². The fourth-order valence-corrected chi connectivity index (χ4v) is 7.19. The monoisotopic (exact) mass is 1120 g/mol. The summed E-state index contributed by atoms with van der Waals surface area (Å²) in [5.74, 6) is -10.1. The van der Waals surface area contributed by atoms with Crippen LogP contribution in [0.3, 0.4) is 0 Å². The molecule has 6 rings (SSSR count). The van der Waals surface area contributed by atoms with E-state index in [2.05, 4.69) is 110 Å². The largest absolute Gasteiger partial charge is 0.495 e. The highest BCUT2D eigenvalue weighted by atomic mass is 32.1. The Kier molecular flexibility index (Phi) is 17.9. The Balaban J connectivity index is 1.47. The van der Waals surface area contributed by atoms with Crippen molar-refractivity contribution in [3.8, 4) is 22.0 Å². The van der Waals surface area contributed by atoms with Gasteiger partial charge < -0.3 is 69.6 Å². The van der Waals surface area contributed by atoms with Crippen molar-refractivity contribution in [2.75, 3.05) is 0 Å². The number of carbonyl (C=O) groups excluding carboxylic acids is 1. The molecule has 5 aromatic heterocycles. The number of aliphatic hydroxyl groups excluding tert-OH is 10. The number of hydrogen-bond acceptors (Lipinski definition) is 20. The maximum Gasteiger partial charge on any atom is 0.274 e. The fraction of sp³-hybridized carbons (Fsp3) is 0.180. The molecule has 0 aliphatic carbocycles. The third-order valence-electron chi connectivity index (χ3n) is 10.5. The molecule has 0 saturated carbocycles. The summed E-state index contributed by atoms with van der Waals surface area (Å²) in [5.41, 5.74) is -3.95. The Morgan fingerprint density at radius 1 is 0.713 bits per heavy atom. The first-order chi connectivity index (χ1) is 37.7. The first-order valence-corrected chi connectivity index (χ1v) is 23.7. The second kappa shape index (κ2) is 24.5. The quantitative estimate of drug-likeness (QED) is 0.0549. The van der Waals surface area contributed by atoms with Crippen LogP contribution >= 0.6 is 11.3 Å². The lowest BCUT2D eigenvalue weighted by atomic mass is 10.1. The number of nitrogens with one attached hydrogen (secondary N) is 2. The predicted molar refractivity (Wildman–Crippen MR) is 297 cm³/mol. The number of aliphatic hydroxyl groups is 10. The molecule has 80 heavy (non-hydrogen) atoms. The maximum absolute atomic E-state index is 13.5. The van der Waals surface area contributed by atoms with E-state index in [-0.39, 0.29) is 85.3 Å². The molecule has 8 bridgehead atoms. The minimum absolute atomic E-state index is 0.0276. The zero-order valence-electron chi connectivity index (χ0n) is 42.8. The van der Waals surface area contributed by atoms with E-state index in [1.54, 1.807) is 13.8 Å². The van der Waals surface area contributed by atoms with Crippen molar-refractivity contribution >= 4 is 87.4 Å². The molecule has 3 unspecified atom stereocenters. The number of allylic oxidation sites excluding steroid dienone is 1. The SMILES string of the molecule is C=C(N=C(O)C(=C)NC(=O)c1ccc2c(n1)-c1coc(n1)C(=C)N=C(O)C(=C)N=C(O)c1nc(oc1C)C(=C)N=C(O)C(C(C)C)N=C(O)C(=C)N=C(O)c1coc(n1)/C(=C\C)N=C(O)C(C(C)O)N=C(O)c1csc-2n1)C(=N)O. The molecule has 0 radical (unpaired) electrons. The molecule has 12 N–H and O–H groups in total. The number of thiazole rings is 1. The smallest absolute Gasteiger partial charge is 0.274 e. The minimum atomic E-state index is -1.64. The van der Waals surface area contributed by atoms with Crippen LogP contribution in [0, 0.1) is 18.3 Å². The summed E-state index contributed by atoms with van der Waals surface area (Å²) in [6, 6.07) is -0.287. The van der Waals surface area contributed by atoms with Crippen molar-refractivity contribution in [2.24, 2.45) is 45.9 Å². The number of amides is 1. The molecule has 1 aliphatic heterocycles. The van der Waals surface area contributed by atoms with Crippen LogP contribution in [0.4, 0.5) is 0 Å². The number of oxazole rings is 3. The van der Waals surface area contributed by atoms with Gasteiger partial charge in [0.2, 0.25) is 70.8 Å². The molecule has 0 spiro atoms. The highest BCUT2D eigenvalue weighted by Gasteiger charge is 2.28. The highest BCUT2D eigenvalue weighted by Crippen LogP contribution is 2.34. The van der Waals surface area contributed by atoms with Gasteiger partial charge in [-0.05, 0) is 38.8 Å².